The van der Waals surface area contributed by atoms with Crippen LogP contribution in [-0.2, 0) is 14.8 Å². The predicted octanol–water partition coefficient (Wildman–Crippen LogP) is 1.06. The van der Waals surface area contributed by atoms with Crippen LogP contribution in [0, 0.1) is 5.92 Å². The first-order valence-corrected chi connectivity index (χ1v) is 8.76. The summed E-state index contributed by atoms with van der Waals surface area (Å²) < 4.78 is 31.4. The number of hydrogen-bond donors (Lipinski definition) is 1. The van der Waals surface area contributed by atoms with E-state index in [4.69, 9.17) is 4.74 Å². The van der Waals surface area contributed by atoms with E-state index in [0.29, 0.717) is 38.1 Å². The van der Waals surface area contributed by atoms with Crippen LogP contribution in [0.3, 0.4) is 0 Å². The topological polar surface area (TPSA) is 58.6 Å². The molecular weight excluding hydrogens is 264 g/mol. The highest BCUT2D eigenvalue weighted by Gasteiger charge is 2.26. The second-order valence-corrected chi connectivity index (χ2v) is 7.73. The van der Waals surface area contributed by atoms with Gasteiger partial charge in [0, 0.05) is 26.2 Å². The van der Waals surface area contributed by atoms with E-state index in [-0.39, 0.29) is 5.75 Å². The van der Waals surface area contributed by atoms with Crippen LogP contribution in [0.5, 0.6) is 0 Å². The molecule has 0 aromatic carbocycles. The van der Waals surface area contributed by atoms with E-state index >= 15 is 0 Å². The Morgan fingerprint density at radius 1 is 1.42 bits per heavy atom. The summed E-state index contributed by atoms with van der Waals surface area (Å²) in [7, 11) is -1.56. The Hall–Kier alpha value is -0.170. The molecule has 1 unspecified atom stereocenters. The maximum atomic E-state index is 12.4. The van der Waals surface area contributed by atoms with Crippen molar-refractivity contribution in [3.63, 3.8) is 0 Å². The second-order valence-electron chi connectivity index (χ2n) is 5.64. The molecule has 0 aromatic heterocycles. The molecule has 1 aliphatic heterocycles. The van der Waals surface area contributed by atoms with Crippen molar-refractivity contribution in [1.82, 2.24) is 9.62 Å². The Kier molecular flexibility index (Phi) is 7.28. The van der Waals surface area contributed by atoms with Crippen LogP contribution in [0.15, 0.2) is 0 Å². The minimum atomic E-state index is -3.16. The number of hydrogen-bond acceptors (Lipinski definition) is 4. The summed E-state index contributed by atoms with van der Waals surface area (Å²) in [4.78, 5) is 0. The monoisotopic (exact) mass is 292 g/mol. The van der Waals surface area contributed by atoms with E-state index in [1.807, 2.05) is 13.8 Å². The van der Waals surface area contributed by atoms with Crippen LogP contribution in [0.2, 0.25) is 0 Å². The molecule has 1 aliphatic rings. The van der Waals surface area contributed by atoms with E-state index in [1.54, 1.807) is 11.4 Å². The maximum absolute atomic E-state index is 12.4. The quantitative estimate of drug-likeness (QED) is 0.690. The van der Waals surface area contributed by atoms with Gasteiger partial charge >= 0.3 is 0 Å². The number of rotatable bonds is 9. The third kappa shape index (κ3) is 6.21. The molecular formula is C13H28N2O3S. The molecule has 1 heterocycles. The largest absolute Gasteiger partial charge is 0.383 e. The molecule has 114 valence electrons. The van der Waals surface area contributed by atoms with Crippen LogP contribution in [0.25, 0.3) is 0 Å². The van der Waals surface area contributed by atoms with Crippen molar-refractivity contribution < 1.29 is 13.2 Å². The fraction of sp³-hybridized carbons (Fsp3) is 1.00. The molecule has 0 aliphatic carbocycles. The lowest BCUT2D eigenvalue weighted by atomic mass is 10.2. The molecule has 19 heavy (non-hydrogen) atoms. The second kappa shape index (κ2) is 8.19. The Bertz CT molecular complexity index is 338. The lowest BCUT2D eigenvalue weighted by Gasteiger charge is -2.25. The van der Waals surface area contributed by atoms with Gasteiger partial charge in [-0.2, -0.15) is 4.31 Å². The van der Waals surface area contributed by atoms with Gasteiger partial charge in [-0.3, -0.25) is 0 Å². The molecule has 0 spiro atoms. The number of ether oxygens (including phenoxy) is 1. The summed E-state index contributed by atoms with van der Waals surface area (Å²) in [5.41, 5.74) is 0. The third-order valence-corrected chi connectivity index (χ3v) is 5.35. The van der Waals surface area contributed by atoms with Gasteiger partial charge in [0.15, 0.2) is 0 Å². The lowest BCUT2D eigenvalue weighted by molar-refractivity contribution is 0.176. The standard InChI is InChI=1S/C13H28N2O3S/c1-12(2)6-10-19(16,17)15(8-9-18-3)11-13-5-4-7-14-13/h12-14H,4-11H2,1-3H3. The molecule has 1 N–H and O–H groups in total. The first-order chi connectivity index (χ1) is 8.95. The first kappa shape index (κ1) is 16.9. The van der Waals surface area contributed by atoms with Gasteiger partial charge < -0.3 is 10.1 Å². The van der Waals surface area contributed by atoms with Crippen LogP contribution in [-0.4, -0.2) is 57.9 Å². The molecule has 0 radical (unpaired) electrons. The normalized spacial score (nSPS) is 20.6. The van der Waals surface area contributed by atoms with Gasteiger partial charge in [0.25, 0.3) is 0 Å². The lowest BCUT2D eigenvalue weighted by Crippen LogP contribution is -2.43. The summed E-state index contributed by atoms with van der Waals surface area (Å²) in [5, 5.41) is 3.35. The highest BCUT2D eigenvalue weighted by Crippen LogP contribution is 2.13. The molecule has 0 bridgehead atoms. The SMILES string of the molecule is COCCN(CC1CCCN1)S(=O)(=O)CCC(C)C. The minimum Gasteiger partial charge on any atom is -0.383 e. The number of sulfonamides is 1. The summed E-state index contributed by atoms with van der Waals surface area (Å²) in [6.45, 7) is 6.57. The van der Waals surface area contributed by atoms with Crippen molar-refractivity contribution in [2.45, 2.75) is 39.2 Å². The maximum Gasteiger partial charge on any atom is 0.214 e. The summed E-state index contributed by atoms with van der Waals surface area (Å²) in [6, 6.07) is 0.297. The van der Waals surface area contributed by atoms with Crippen molar-refractivity contribution in [3.8, 4) is 0 Å². The third-order valence-electron chi connectivity index (χ3n) is 3.48. The van der Waals surface area contributed by atoms with Crippen LogP contribution >= 0.6 is 0 Å². The van der Waals surface area contributed by atoms with Crippen molar-refractivity contribution in [2.24, 2.45) is 5.92 Å². The van der Waals surface area contributed by atoms with Gasteiger partial charge in [0.2, 0.25) is 10.0 Å². The molecule has 1 saturated heterocycles. The van der Waals surface area contributed by atoms with Crippen molar-refractivity contribution in [2.75, 3.05) is 39.1 Å². The summed E-state index contributed by atoms with van der Waals surface area (Å²) >= 11 is 0. The zero-order valence-electron chi connectivity index (χ0n) is 12.4. The van der Waals surface area contributed by atoms with Crippen LogP contribution < -0.4 is 5.32 Å². The molecule has 5 nitrogen and oxygen atoms in total. The first-order valence-electron chi connectivity index (χ1n) is 7.16. The Morgan fingerprint density at radius 3 is 2.68 bits per heavy atom. The van der Waals surface area contributed by atoms with Crippen LogP contribution in [0.1, 0.15) is 33.1 Å². The van der Waals surface area contributed by atoms with Gasteiger partial charge in [-0.1, -0.05) is 13.8 Å². The van der Waals surface area contributed by atoms with Crippen LogP contribution in [0.4, 0.5) is 0 Å². The van der Waals surface area contributed by atoms with Gasteiger partial charge in [-0.05, 0) is 31.7 Å². The Morgan fingerprint density at radius 2 is 2.16 bits per heavy atom. The van der Waals surface area contributed by atoms with Crippen molar-refractivity contribution >= 4 is 10.0 Å². The number of nitrogens with one attached hydrogen (secondary N) is 1. The summed E-state index contributed by atoms with van der Waals surface area (Å²) in [5.74, 6) is 0.643. The number of nitrogens with zero attached hydrogens (tertiary/aromatic N) is 1. The van der Waals surface area contributed by atoms with Gasteiger partial charge in [-0.25, -0.2) is 8.42 Å². The minimum absolute atomic E-state index is 0.237. The van der Waals surface area contributed by atoms with Gasteiger partial charge in [0.1, 0.15) is 0 Å². The van der Waals surface area contributed by atoms with E-state index in [1.165, 1.54) is 0 Å². The molecule has 1 atom stereocenters. The predicted molar refractivity (Wildman–Crippen MR) is 77.7 cm³/mol. The molecule has 1 rings (SSSR count). The highest BCUT2D eigenvalue weighted by molar-refractivity contribution is 7.89. The smallest absolute Gasteiger partial charge is 0.214 e. The Labute approximate surface area is 117 Å². The fourth-order valence-corrected chi connectivity index (χ4v) is 4.00. The van der Waals surface area contributed by atoms with E-state index in [0.717, 1.165) is 19.4 Å². The highest BCUT2D eigenvalue weighted by atomic mass is 32.2. The molecule has 0 saturated carbocycles. The van der Waals surface area contributed by atoms with Crippen molar-refractivity contribution in [3.05, 3.63) is 0 Å². The van der Waals surface area contributed by atoms with E-state index in [9.17, 15) is 8.42 Å². The fourth-order valence-electron chi connectivity index (χ4n) is 2.21. The summed E-state index contributed by atoms with van der Waals surface area (Å²) in [6.07, 6.45) is 2.90. The average Bonchev–Trinajstić information content (AvgIpc) is 2.84. The zero-order chi connectivity index (χ0) is 14.3. The molecule has 0 amide bonds. The zero-order valence-corrected chi connectivity index (χ0v) is 13.2. The molecule has 0 aromatic rings. The molecule has 1 fully saturated rings. The van der Waals surface area contributed by atoms with E-state index < -0.39 is 10.0 Å². The average molecular weight is 292 g/mol. The molecule has 6 heteroatoms. The van der Waals surface area contributed by atoms with E-state index in [2.05, 4.69) is 5.32 Å². The Balaban J connectivity index is 2.59. The van der Waals surface area contributed by atoms with Crippen molar-refractivity contribution in [1.29, 1.82) is 0 Å². The van der Waals surface area contributed by atoms with Gasteiger partial charge in [0.05, 0.1) is 12.4 Å². The number of methoxy groups -OCH3 is 1. The van der Waals surface area contributed by atoms with Gasteiger partial charge in [-0.15, -0.1) is 0 Å².